The van der Waals surface area contributed by atoms with Gasteiger partial charge in [0.05, 0.1) is 11.8 Å². The quantitative estimate of drug-likeness (QED) is 0.690. The summed E-state index contributed by atoms with van der Waals surface area (Å²) in [6, 6.07) is 1.82. The Labute approximate surface area is 76.6 Å². The van der Waals surface area contributed by atoms with Gasteiger partial charge in [0.15, 0.2) is 0 Å². The van der Waals surface area contributed by atoms with E-state index in [2.05, 4.69) is 9.97 Å². The molecule has 1 aliphatic heterocycles. The number of aliphatic hydroxyl groups is 1. The van der Waals surface area contributed by atoms with Crippen LogP contribution in [0.2, 0.25) is 0 Å². The van der Waals surface area contributed by atoms with Gasteiger partial charge in [0.1, 0.15) is 12.4 Å². The molecule has 2 atom stereocenters. The summed E-state index contributed by atoms with van der Waals surface area (Å²) >= 11 is 0. The molecule has 1 aliphatic rings. The van der Waals surface area contributed by atoms with Crippen molar-refractivity contribution in [3.63, 3.8) is 0 Å². The summed E-state index contributed by atoms with van der Waals surface area (Å²) in [7, 11) is 0. The molecule has 13 heavy (non-hydrogen) atoms. The van der Waals surface area contributed by atoms with Gasteiger partial charge in [-0.3, -0.25) is 0 Å². The van der Waals surface area contributed by atoms with E-state index in [1.54, 1.807) is 6.20 Å². The predicted octanol–water partition coefficient (Wildman–Crippen LogP) is 0.689. The largest absolute Gasteiger partial charge is 0.393 e. The Morgan fingerprint density at radius 2 is 2.46 bits per heavy atom. The number of ether oxygens (including phenoxy) is 1. The third kappa shape index (κ3) is 2.02. The van der Waals surface area contributed by atoms with Crippen LogP contribution < -0.4 is 0 Å². The Morgan fingerprint density at radius 1 is 1.54 bits per heavy atom. The molecular weight excluding hydrogens is 168 g/mol. The smallest absolute Gasteiger partial charge is 0.115 e. The molecule has 0 spiro atoms. The lowest BCUT2D eigenvalue weighted by Crippen LogP contribution is -2.23. The number of rotatable bonds is 1. The van der Waals surface area contributed by atoms with Gasteiger partial charge in [0, 0.05) is 19.2 Å². The van der Waals surface area contributed by atoms with Gasteiger partial charge >= 0.3 is 0 Å². The molecule has 0 saturated carbocycles. The maximum atomic E-state index is 9.42. The highest BCUT2D eigenvalue weighted by Gasteiger charge is 2.22. The van der Waals surface area contributed by atoms with Crippen molar-refractivity contribution in [1.82, 2.24) is 9.97 Å². The van der Waals surface area contributed by atoms with E-state index in [0.29, 0.717) is 13.0 Å². The van der Waals surface area contributed by atoms with Gasteiger partial charge in [-0.05, 0) is 12.5 Å². The fraction of sp³-hybridized carbons (Fsp3) is 0.556. The van der Waals surface area contributed by atoms with Gasteiger partial charge in [-0.25, -0.2) is 9.97 Å². The third-order valence-electron chi connectivity index (χ3n) is 2.19. The maximum absolute atomic E-state index is 9.42. The van der Waals surface area contributed by atoms with E-state index in [0.717, 1.165) is 12.1 Å². The highest BCUT2D eigenvalue weighted by Crippen LogP contribution is 2.25. The molecule has 0 amide bonds. The summed E-state index contributed by atoms with van der Waals surface area (Å²) in [5.74, 6) is 0. The maximum Gasteiger partial charge on any atom is 0.115 e. The van der Waals surface area contributed by atoms with Crippen molar-refractivity contribution in [2.75, 3.05) is 6.61 Å². The average molecular weight is 180 g/mol. The van der Waals surface area contributed by atoms with E-state index in [-0.39, 0.29) is 12.2 Å². The van der Waals surface area contributed by atoms with Crippen LogP contribution in [0.3, 0.4) is 0 Å². The molecule has 2 unspecified atom stereocenters. The fourth-order valence-electron chi connectivity index (χ4n) is 1.48. The minimum atomic E-state index is -0.256. The minimum Gasteiger partial charge on any atom is -0.393 e. The summed E-state index contributed by atoms with van der Waals surface area (Å²) in [4.78, 5) is 7.92. The molecule has 1 N–H and O–H groups in total. The lowest BCUT2D eigenvalue weighted by Gasteiger charge is -2.25. The monoisotopic (exact) mass is 180 g/mol. The summed E-state index contributed by atoms with van der Waals surface area (Å²) in [5, 5.41) is 9.42. The average Bonchev–Trinajstić information content (AvgIpc) is 2.19. The van der Waals surface area contributed by atoms with E-state index in [4.69, 9.17) is 4.74 Å². The topological polar surface area (TPSA) is 55.2 Å². The fourth-order valence-corrected chi connectivity index (χ4v) is 1.48. The van der Waals surface area contributed by atoms with Crippen LogP contribution in [0.1, 0.15) is 24.6 Å². The first-order valence-corrected chi connectivity index (χ1v) is 4.42. The standard InChI is InChI=1S/C9H12N2O2/c12-7-2-4-13-9(5-7)8-1-3-10-6-11-8/h1,3,6-7,9,12H,2,4-5H2. The van der Waals surface area contributed by atoms with Crippen LogP contribution in [0.5, 0.6) is 0 Å². The van der Waals surface area contributed by atoms with E-state index in [1.165, 1.54) is 6.33 Å². The van der Waals surface area contributed by atoms with Crippen molar-refractivity contribution in [3.8, 4) is 0 Å². The van der Waals surface area contributed by atoms with Gasteiger partial charge in [-0.15, -0.1) is 0 Å². The van der Waals surface area contributed by atoms with Crippen LogP contribution in [0, 0.1) is 0 Å². The Hall–Kier alpha value is -1.00. The van der Waals surface area contributed by atoms with E-state index >= 15 is 0 Å². The van der Waals surface area contributed by atoms with E-state index < -0.39 is 0 Å². The Bertz CT molecular complexity index is 266. The van der Waals surface area contributed by atoms with Crippen molar-refractivity contribution in [1.29, 1.82) is 0 Å². The summed E-state index contributed by atoms with van der Waals surface area (Å²) in [5.41, 5.74) is 0.855. The number of hydrogen-bond acceptors (Lipinski definition) is 4. The first kappa shape index (κ1) is 8.59. The zero-order chi connectivity index (χ0) is 9.10. The highest BCUT2D eigenvalue weighted by molar-refractivity contribution is 5.03. The second-order valence-corrected chi connectivity index (χ2v) is 3.17. The predicted molar refractivity (Wildman–Crippen MR) is 46.0 cm³/mol. The molecule has 2 heterocycles. The zero-order valence-electron chi connectivity index (χ0n) is 7.26. The Morgan fingerprint density at radius 3 is 3.15 bits per heavy atom. The first-order chi connectivity index (χ1) is 6.36. The van der Waals surface area contributed by atoms with Crippen LogP contribution in [0.15, 0.2) is 18.6 Å². The molecule has 0 aliphatic carbocycles. The Balaban J connectivity index is 2.08. The number of aromatic nitrogens is 2. The summed E-state index contributed by atoms with van der Waals surface area (Å²) < 4.78 is 5.48. The number of hydrogen-bond donors (Lipinski definition) is 1. The molecule has 2 rings (SSSR count). The van der Waals surface area contributed by atoms with Crippen LogP contribution in [0.4, 0.5) is 0 Å². The van der Waals surface area contributed by atoms with Crippen LogP contribution in [-0.2, 0) is 4.74 Å². The molecule has 0 radical (unpaired) electrons. The second kappa shape index (κ2) is 3.81. The SMILES string of the molecule is OC1CCOC(c2ccncn2)C1. The van der Waals surface area contributed by atoms with Crippen molar-refractivity contribution in [2.45, 2.75) is 25.0 Å². The number of nitrogens with zero attached hydrogens (tertiary/aromatic N) is 2. The molecule has 1 aromatic rings. The van der Waals surface area contributed by atoms with E-state index in [9.17, 15) is 5.11 Å². The minimum absolute atomic E-state index is 0.0632. The molecule has 1 aromatic heterocycles. The lowest BCUT2D eigenvalue weighted by atomic mass is 10.0. The molecule has 4 nitrogen and oxygen atoms in total. The van der Waals surface area contributed by atoms with Crippen LogP contribution in [0.25, 0.3) is 0 Å². The first-order valence-electron chi connectivity index (χ1n) is 4.42. The van der Waals surface area contributed by atoms with Gasteiger partial charge in [-0.1, -0.05) is 0 Å². The van der Waals surface area contributed by atoms with Gasteiger partial charge in [-0.2, -0.15) is 0 Å². The lowest BCUT2D eigenvalue weighted by molar-refractivity contribution is -0.0467. The molecular formula is C9H12N2O2. The molecule has 1 saturated heterocycles. The van der Waals surface area contributed by atoms with Crippen molar-refractivity contribution >= 4 is 0 Å². The molecule has 70 valence electrons. The van der Waals surface area contributed by atoms with Crippen LogP contribution >= 0.6 is 0 Å². The van der Waals surface area contributed by atoms with Crippen LogP contribution in [-0.4, -0.2) is 27.8 Å². The third-order valence-corrected chi connectivity index (χ3v) is 2.19. The Kier molecular flexibility index (Phi) is 2.52. The van der Waals surface area contributed by atoms with Crippen molar-refractivity contribution < 1.29 is 9.84 Å². The molecule has 0 aromatic carbocycles. The molecule has 0 bridgehead atoms. The van der Waals surface area contributed by atoms with Crippen molar-refractivity contribution in [2.24, 2.45) is 0 Å². The number of aliphatic hydroxyl groups excluding tert-OH is 1. The van der Waals surface area contributed by atoms with Crippen molar-refractivity contribution in [3.05, 3.63) is 24.3 Å². The van der Waals surface area contributed by atoms with Gasteiger partial charge in [0.25, 0.3) is 0 Å². The zero-order valence-corrected chi connectivity index (χ0v) is 7.26. The highest BCUT2D eigenvalue weighted by atomic mass is 16.5. The van der Waals surface area contributed by atoms with Gasteiger partial charge < -0.3 is 9.84 Å². The van der Waals surface area contributed by atoms with E-state index in [1.807, 2.05) is 6.07 Å². The second-order valence-electron chi connectivity index (χ2n) is 3.17. The van der Waals surface area contributed by atoms with Gasteiger partial charge in [0.2, 0.25) is 0 Å². The summed E-state index contributed by atoms with van der Waals surface area (Å²) in [6.07, 6.45) is 4.23. The normalized spacial score (nSPS) is 28.7. The molecule has 1 fully saturated rings. The summed E-state index contributed by atoms with van der Waals surface area (Å²) in [6.45, 7) is 0.607. The molecule has 4 heteroatoms.